The van der Waals surface area contributed by atoms with Crippen LogP contribution in [0, 0.1) is 17.0 Å². The van der Waals surface area contributed by atoms with Crippen LogP contribution in [0.5, 0.6) is 0 Å². The Morgan fingerprint density at radius 1 is 1.24 bits per heavy atom. The highest BCUT2D eigenvalue weighted by Crippen LogP contribution is 2.29. The molecule has 0 aliphatic rings. The lowest BCUT2D eigenvalue weighted by Gasteiger charge is -2.04. The lowest BCUT2D eigenvalue weighted by molar-refractivity contribution is -0.385. The number of carbonyl (C=O) groups is 1. The van der Waals surface area contributed by atoms with E-state index in [4.69, 9.17) is 17.4 Å². The number of aryl methyl sites for hydroxylation is 1. The summed E-state index contributed by atoms with van der Waals surface area (Å²) in [5.41, 5.74) is 2.48. The number of nitro groups is 1. The summed E-state index contributed by atoms with van der Waals surface area (Å²) in [5, 5.41) is 25.1. The van der Waals surface area contributed by atoms with Crippen molar-refractivity contribution in [2.24, 2.45) is 0 Å². The fourth-order valence-electron chi connectivity index (χ4n) is 2.89. The maximum atomic E-state index is 12.4. The van der Waals surface area contributed by atoms with Crippen LogP contribution in [-0.4, -0.2) is 36.4 Å². The molecule has 4 rings (SSSR count). The number of nitrogen functional groups attached to an aromatic ring is 1. The molecule has 0 radical (unpaired) electrons. The molecule has 0 aliphatic carbocycles. The molecule has 13 heteroatoms. The molecule has 168 valence electrons. The van der Waals surface area contributed by atoms with Crippen molar-refractivity contribution in [1.29, 1.82) is 0 Å². The van der Waals surface area contributed by atoms with Gasteiger partial charge in [0.25, 0.3) is 5.69 Å². The van der Waals surface area contributed by atoms with E-state index in [1.165, 1.54) is 22.1 Å². The number of hydrogen-bond donors (Lipinski definition) is 2. The summed E-state index contributed by atoms with van der Waals surface area (Å²) in [4.78, 5) is 27.5. The number of halogens is 1. The average molecular weight is 502 g/mol. The summed E-state index contributed by atoms with van der Waals surface area (Å²) in [6, 6.07) is 11.9. The van der Waals surface area contributed by atoms with Crippen molar-refractivity contribution in [3.8, 4) is 22.6 Å². The van der Waals surface area contributed by atoms with Crippen LogP contribution in [0.2, 0.25) is 5.02 Å². The van der Waals surface area contributed by atoms with Crippen LogP contribution in [0.1, 0.15) is 5.56 Å². The van der Waals surface area contributed by atoms with Gasteiger partial charge in [-0.1, -0.05) is 35.5 Å². The van der Waals surface area contributed by atoms with E-state index in [0.29, 0.717) is 38.0 Å². The zero-order chi connectivity index (χ0) is 23.5. The standard InChI is InChI=1S/C20H16ClN7O3S2/c1-11-2-3-13(8-16(11)28(30)31)15-9-32-19(23-15)24-17(29)10-33-20-26-25-18(27(20)22)12-4-6-14(21)7-5-12/h2-9H,10,22H2,1H3,(H,23,24,29). The highest BCUT2D eigenvalue weighted by molar-refractivity contribution is 7.99. The number of nitrogens with two attached hydrogens (primary N) is 1. The van der Waals surface area contributed by atoms with E-state index in [1.54, 1.807) is 48.7 Å². The fourth-order valence-corrected chi connectivity index (χ4v) is 4.40. The molecule has 33 heavy (non-hydrogen) atoms. The normalized spacial score (nSPS) is 10.8. The SMILES string of the molecule is Cc1ccc(-c2csc(NC(=O)CSc3nnc(-c4ccc(Cl)cc4)n3N)n2)cc1[N+](=O)[O-]. The summed E-state index contributed by atoms with van der Waals surface area (Å²) in [7, 11) is 0. The highest BCUT2D eigenvalue weighted by Gasteiger charge is 2.16. The van der Waals surface area contributed by atoms with E-state index in [2.05, 4.69) is 20.5 Å². The Morgan fingerprint density at radius 2 is 1.97 bits per heavy atom. The fraction of sp³-hybridized carbons (Fsp3) is 0.100. The molecular formula is C20H16ClN7O3S2. The number of aromatic nitrogens is 4. The van der Waals surface area contributed by atoms with Gasteiger partial charge in [0, 0.05) is 33.2 Å². The van der Waals surface area contributed by atoms with Crippen molar-refractivity contribution in [2.75, 3.05) is 16.9 Å². The Kier molecular flexibility index (Phi) is 6.58. The molecule has 0 saturated heterocycles. The van der Waals surface area contributed by atoms with E-state index < -0.39 is 4.92 Å². The van der Waals surface area contributed by atoms with Crippen molar-refractivity contribution in [1.82, 2.24) is 19.9 Å². The number of thiazole rings is 1. The van der Waals surface area contributed by atoms with Crippen LogP contribution in [0.4, 0.5) is 10.8 Å². The van der Waals surface area contributed by atoms with Gasteiger partial charge in [-0.3, -0.25) is 14.9 Å². The number of thioether (sulfide) groups is 1. The second-order valence-corrected chi connectivity index (χ2v) is 9.05. The molecule has 2 heterocycles. The highest BCUT2D eigenvalue weighted by atomic mass is 35.5. The molecule has 2 aromatic heterocycles. The number of amides is 1. The maximum Gasteiger partial charge on any atom is 0.272 e. The second kappa shape index (κ2) is 9.57. The van der Waals surface area contributed by atoms with E-state index in [1.807, 2.05) is 0 Å². The van der Waals surface area contributed by atoms with Gasteiger partial charge in [-0.2, -0.15) is 0 Å². The Balaban J connectivity index is 1.39. The van der Waals surface area contributed by atoms with E-state index in [0.717, 1.165) is 17.3 Å². The van der Waals surface area contributed by atoms with Crippen molar-refractivity contribution < 1.29 is 9.72 Å². The number of nitrogens with zero attached hydrogens (tertiary/aromatic N) is 5. The Morgan fingerprint density at radius 3 is 2.70 bits per heavy atom. The number of hydrogen-bond acceptors (Lipinski definition) is 9. The van der Waals surface area contributed by atoms with Crippen LogP contribution >= 0.6 is 34.7 Å². The number of anilines is 1. The Bertz CT molecular complexity index is 1340. The molecule has 0 saturated carbocycles. The van der Waals surface area contributed by atoms with Gasteiger partial charge in [0.2, 0.25) is 11.1 Å². The maximum absolute atomic E-state index is 12.4. The van der Waals surface area contributed by atoms with Crippen LogP contribution in [-0.2, 0) is 4.79 Å². The quantitative estimate of drug-likeness (QED) is 0.164. The summed E-state index contributed by atoms with van der Waals surface area (Å²) in [6.07, 6.45) is 0. The molecule has 0 fully saturated rings. The van der Waals surface area contributed by atoms with Crippen LogP contribution in [0.3, 0.4) is 0 Å². The molecule has 1 amide bonds. The van der Waals surface area contributed by atoms with Gasteiger partial charge < -0.3 is 11.2 Å². The predicted octanol–water partition coefficient (Wildman–Crippen LogP) is 4.38. The van der Waals surface area contributed by atoms with Gasteiger partial charge in [-0.25, -0.2) is 9.66 Å². The average Bonchev–Trinajstić information content (AvgIpc) is 3.40. The van der Waals surface area contributed by atoms with Crippen molar-refractivity contribution in [3.63, 3.8) is 0 Å². The van der Waals surface area contributed by atoms with Gasteiger partial charge >= 0.3 is 0 Å². The molecule has 0 aliphatic heterocycles. The molecule has 0 atom stereocenters. The largest absolute Gasteiger partial charge is 0.335 e. The number of benzene rings is 2. The van der Waals surface area contributed by atoms with Crippen molar-refractivity contribution >= 4 is 51.4 Å². The number of nitro benzene ring substituents is 1. The Labute approximate surface area is 200 Å². The third kappa shape index (κ3) is 5.13. The third-order valence-corrected chi connectivity index (χ3v) is 6.50. The first-order valence-corrected chi connectivity index (χ1v) is 11.7. The summed E-state index contributed by atoms with van der Waals surface area (Å²) in [5.74, 6) is 6.27. The van der Waals surface area contributed by atoms with Crippen LogP contribution in [0.15, 0.2) is 53.0 Å². The number of nitrogens with one attached hydrogen (secondary N) is 1. The Hall–Kier alpha value is -3.48. The van der Waals surface area contributed by atoms with E-state index >= 15 is 0 Å². The van der Waals surface area contributed by atoms with Gasteiger partial charge in [0.1, 0.15) is 0 Å². The van der Waals surface area contributed by atoms with Gasteiger partial charge in [-0.15, -0.1) is 21.5 Å². The van der Waals surface area contributed by atoms with E-state index in [9.17, 15) is 14.9 Å². The third-order valence-electron chi connectivity index (χ3n) is 4.55. The lowest BCUT2D eigenvalue weighted by Crippen LogP contribution is -2.16. The molecule has 4 aromatic rings. The van der Waals surface area contributed by atoms with Crippen molar-refractivity contribution in [2.45, 2.75) is 12.1 Å². The summed E-state index contributed by atoms with van der Waals surface area (Å²) >= 11 is 8.26. The summed E-state index contributed by atoms with van der Waals surface area (Å²) < 4.78 is 1.31. The van der Waals surface area contributed by atoms with E-state index in [-0.39, 0.29) is 17.3 Å². The first kappa shape index (κ1) is 22.7. The molecule has 2 aromatic carbocycles. The zero-order valence-electron chi connectivity index (χ0n) is 17.1. The number of rotatable bonds is 7. The zero-order valence-corrected chi connectivity index (χ0v) is 19.4. The van der Waals surface area contributed by atoms with Gasteiger partial charge in [-0.05, 0) is 31.2 Å². The molecule has 3 N–H and O–H groups in total. The second-order valence-electron chi connectivity index (χ2n) is 6.82. The van der Waals surface area contributed by atoms with Crippen molar-refractivity contribution in [3.05, 3.63) is 68.5 Å². The lowest BCUT2D eigenvalue weighted by atomic mass is 10.1. The topological polar surface area (TPSA) is 142 Å². The molecule has 10 nitrogen and oxygen atoms in total. The monoisotopic (exact) mass is 501 g/mol. The minimum Gasteiger partial charge on any atom is -0.335 e. The number of carbonyl (C=O) groups excluding carboxylic acids is 1. The molecule has 0 bridgehead atoms. The minimum absolute atomic E-state index is 0.0198. The smallest absolute Gasteiger partial charge is 0.272 e. The van der Waals surface area contributed by atoms with Gasteiger partial charge in [0.05, 0.1) is 16.4 Å². The minimum atomic E-state index is -0.431. The predicted molar refractivity (Wildman–Crippen MR) is 129 cm³/mol. The van der Waals surface area contributed by atoms with Crippen LogP contribution in [0.25, 0.3) is 22.6 Å². The summed E-state index contributed by atoms with van der Waals surface area (Å²) in [6.45, 7) is 1.67. The molecule has 0 unspecified atom stereocenters. The molecular weight excluding hydrogens is 486 g/mol. The first-order chi connectivity index (χ1) is 15.8. The first-order valence-electron chi connectivity index (χ1n) is 9.42. The van der Waals surface area contributed by atoms with Gasteiger partial charge in [0.15, 0.2) is 11.0 Å². The molecule has 0 spiro atoms. The van der Waals surface area contributed by atoms with Crippen LogP contribution < -0.4 is 11.2 Å².